The number of rotatable bonds is 5. The van der Waals surface area contributed by atoms with Crippen LogP contribution in [0.2, 0.25) is 0 Å². The third kappa shape index (κ3) is 3.89. The molecule has 0 radical (unpaired) electrons. The highest BCUT2D eigenvalue weighted by molar-refractivity contribution is 5.43. The van der Waals surface area contributed by atoms with Crippen LogP contribution < -0.4 is 20.5 Å². The van der Waals surface area contributed by atoms with Gasteiger partial charge in [0.25, 0.3) is 0 Å². The molecule has 2 rings (SSSR count). The number of nitrogens with one attached hydrogen (secondary N) is 1. The summed E-state index contributed by atoms with van der Waals surface area (Å²) < 4.78 is 11.0. The molecule has 18 heavy (non-hydrogen) atoms. The second-order valence-electron chi connectivity index (χ2n) is 5.39. The van der Waals surface area contributed by atoms with Gasteiger partial charge in [0.15, 0.2) is 11.5 Å². The molecular formula is C14H22N2O2. The standard InChI is InChI=1S/C14H22N2O2/c1-14(2,15)5-6-16-10-11-3-4-12-13(9-11)18-8-7-17-12/h3-4,9,16H,5-8,10,15H2,1-2H3. The van der Waals surface area contributed by atoms with E-state index >= 15 is 0 Å². The Morgan fingerprint density at radius 3 is 2.67 bits per heavy atom. The third-order valence-corrected chi connectivity index (χ3v) is 2.88. The summed E-state index contributed by atoms with van der Waals surface area (Å²) in [6.07, 6.45) is 0.956. The van der Waals surface area contributed by atoms with Gasteiger partial charge in [0.1, 0.15) is 13.2 Å². The summed E-state index contributed by atoms with van der Waals surface area (Å²) in [7, 11) is 0. The van der Waals surface area contributed by atoms with Gasteiger partial charge in [-0.05, 0) is 44.5 Å². The molecule has 0 atom stereocenters. The molecule has 0 spiro atoms. The number of nitrogens with two attached hydrogens (primary N) is 1. The predicted molar refractivity (Wildman–Crippen MR) is 72.0 cm³/mol. The number of fused-ring (bicyclic) bond motifs is 1. The van der Waals surface area contributed by atoms with Gasteiger partial charge in [0.2, 0.25) is 0 Å². The van der Waals surface area contributed by atoms with Crippen molar-refractivity contribution in [2.45, 2.75) is 32.4 Å². The van der Waals surface area contributed by atoms with E-state index in [1.54, 1.807) is 0 Å². The molecule has 0 amide bonds. The molecule has 3 N–H and O–H groups in total. The van der Waals surface area contributed by atoms with Crippen molar-refractivity contribution in [3.63, 3.8) is 0 Å². The number of ether oxygens (including phenoxy) is 2. The Morgan fingerprint density at radius 1 is 1.22 bits per heavy atom. The highest BCUT2D eigenvalue weighted by Gasteiger charge is 2.12. The maximum absolute atomic E-state index is 5.93. The molecule has 1 heterocycles. The molecule has 0 saturated heterocycles. The second-order valence-corrected chi connectivity index (χ2v) is 5.39. The van der Waals surface area contributed by atoms with E-state index < -0.39 is 0 Å². The maximum atomic E-state index is 5.93. The zero-order chi connectivity index (χ0) is 13.0. The van der Waals surface area contributed by atoms with E-state index in [0.717, 1.165) is 31.0 Å². The summed E-state index contributed by atoms with van der Waals surface area (Å²) in [4.78, 5) is 0. The molecule has 0 aliphatic carbocycles. The van der Waals surface area contributed by atoms with Gasteiger partial charge < -0.3 is 20.5 Å². The first-order chi connectivity index (χ1) is 8.54. The fourth-order valence-corrected chi connectivity index (χ4v) is 1.84. The molecule has 4 nitrogen and oxygen atoms in total. The van der Waals surface area contributed by atoms with E-state index in [4.69, 9.17) is 15.2 Å². The quantitative estimate of drug-likeness (QED) is 0.781. The fraction of sp³-hybridized carbons (Fsp3) is 0.571. The lowest BCUT2D eigenvalue weighted by Crippen LogP contribution is -2.35. The number of hydrogen-bond donors (Lipinski definition) is 2. The van der Waals surface area contributed by atoms with Crippen molar-refractivity contribution in [2.75, 3.05) is 19.8 Å². The summed E-state index contributed by atoms with van der Waals surface area (Å²) in [6.45, 7) is 7.09. The Morgan fingerprint density at radius 2 is 1.94 bits per heavy atom. The van der Waals surface area contributed by atoms with Crippen molar-refractivity contribution >= 4 is 0 Å². The summed E-state index contributed by atoms with van der Waals surface area (Å²) in [5.74, 6) is 1.69. The van der Waals surface area contributed by atoms with E-state index in [0.29, 0.717) is 13.2 Å². The van der Waals surface area contributed by atoms with Crippen molar-refractivity contribution in [1.29, 1.82) is 0 Å². The van der Waals surface area contributed by atoms with Crippen LogP contribution in [-0.4, -0.2) is 25.3 Å². The van der Waals surface area contributed by atoms with Crippen LogP contribution in [0.3, 0.4) is 0 Å². The topological polar surface area (TPSA) is 56.5 Å². The molecule has 1 aliphatic rings. The Bertz CT molecular complexity index is 399. The Labute approximate surface area is 108 Å². The highest BCUT2D eigenvalue weighted by atomic mass is 16.6. The monoisotopic (exact) mass is 250 g/mol. The van der Waals surface area contributed by atoms with Crippen molar-refractivity contribution < 1.29 is 9.47 Å². The smallest absolute Gasteiger partial charge is 0.161 e. The van der Waals surface area contributed by atoms with E-state index in [1.165, 1.54) is 5.56 Å². The van der Waals surface area contributed by atoms with Crippen LogP contribution in [0.4, 0.5) is 0 Å². The van der Waals surface area contributed by atoms with Crippen LogP contribution in [0.15, 0.2) is 18.2 Å². The SMILES string of the molecule is CC(C)(N)CCNCc1ccc2c(c1)OCCO2. The minimum Gasteiger partial charge on any atom is -0.486 e. The molecule has 0 bridgehead atoms. The van der Waals surface area contributed by atoms with E-state index in [9.17, 15) is 0 Å². The highest BCUT2D eigenvalue weighted by Crippen LogP contribution is 2.30. The first-order valence-electron chi connectivity index (χ1n) is 6.43. The number of benzene rings is 1. The molecule has 1 aliphatic heterocycles. The minimum atomic E-state index is -0.111. The zero-order valence-electron chi connectivity index (χ0n) is 11.2. The lowest BCUT2D eigenvalue weighted by Gasteiger charge is -2.20. The summed E-state index contributed by atoms with van der Waals surface area (Å²) in [5.41, 5.74) is 7.02. The van der Waals surface area contributed by atoms with E-state index in [1.807, 2.05) is 26.0 Å². The van der Waals surface area contributed by atoms with Crippen molar-refractivity contribution in [3.05, 3.63) is 23.8 Å². The first-order valence-corrected chi connectivity index (χ1v) is 6.43. The zero-order valence-corrected chi connectivity index (χ0v) is 11.2. The van der Waals surface area contributed by atoms with Gasteiger partial charge in [0.05, 0.1) is 0 Å². The van der Waals surface area contributed by atoms with Gasteiger partial charge >= 0.3 is 0 Å². The second kappa shape index (κ2) is 5.59. The molecule has 1 aromatic rings. The van der Waals surface area contributed by atoms with Crippen molar-refractivity contribution in [2.24, 2.45) is 5.73 Å². The van der Waals surface area contributed by atoms with Crippen LogP contribution in [0.1, 0.15) is 25.8 Å². The third-order valence-electron chi connectivity index (χ3n) is 2.88. The predicted octanol–water partition coefficient (Wildman–Crippen LogP) is 1.67. The average molecular weight is 250 g/mol. The Hall–Kier alpha value is -1.26. The van der Waals surface area contributed by atoms with Crippen molar-refractivity contribution in [1.82, 2.24) is 5.32 Å². The minimum absolute atomic E-state index is 0.111. The van der Waals surface area contributed by atoms with Gasteiger partial charge in [-0.15, -0.1) is 0 Å². The van der Waals surface area contributed by atoms with Crippen molar-refractivity contribution in [3.8, 4) is 11.5 Å². The van der Waals surface area contributed by atoms with Gasteiger partial charge in [0, 0.05) is 12.1 Å². The molecule has 0 unspecified atom stereocenters. The lowest BCUT2D eigenvalue weighted by molar-refractivity contribution is 0.171. The largest absolute Gasteiger partial charge is 0.486 e. The molecule has 0 aromatic heterocycles. The van der Waals surface area contributed by atoms with Crippen LogP contribution in [-0.2, 0) is 6.54 Å². The van der Waals surface area contributed by atoms with Gasteiger partial charge in [-0.2, -0.15) is 0 Å². The lowest BCUT2D eigenvalue weighted by atomic mass is 10.0. The maximum Gasteiger partial charge on any atom is 0.161 e. The van der Waals surface area contributed by atoms with E-state index in [2.05, 4.69) is 11.4 Å². The van der Waals surface area contributed by atoms with Crippen LogP contribution in [0.25, 0.3) is 0 Å². The summed E-state index contributed by atoms with van der Waals surface area (Å²) >= 11 is 0. The fourth-order valence-electron chi connectivity index (χ4n) is 1.84. The average Bonchev–Trinajstić information content (AvgIpc) is 2.33. The van der Waals surface area contributed by atoms with Crippen LogP contribution >= 0.6 is 0 Å². The first kappa shape index (κ1) is 13.2. The summed E-state index contributed by atoms with van der Waals surface area (Å²) in [5, 5.41) is 3.39. The Balaban J connectivity index is 1.83. The normalized spacial score (nSPS) is 14.6. The van der Waals surface area contributed by atoms with Gasteiger partial charge in [-0.3, -0.25) is 0 Å². The summed E-state index contributed by atoms with van der Waals surface area (Å²) in [6, 6.07) is 6.07. The number of hydrogen-bond acceptors (Lipinski definition) is 4. The van der Waals surface area contributed by atoms with Gasteiger partial charge in [-0.1, -0.05) is 6.07 Å². The van der Waals surface area contributed by atoms with E-state index in [-0.39, 0.29) is 5.54 Å². The molecular weight excluding hydrogens is 228 g/mol. The van der Waals surface area contributed by atoms with Gasteiger partial charge in [-0.25, -0.2) is 0 Å². The molecule has 0 fully saturated rings. The molecule has 4 heteroatoms. The Kier molecular flexibility index (Phi) is 4.09. The molecule has 0 saturated carbocycles. The van der Waals surface area contributed by atoms with Crippen LogP contribution in [0.5, 0.6) is 11.5 Å². The molecule has 100 valence electrons. The molecule has 1 aromatic carbocycles. The van der Waals surface area contributed by atoms with Crippen LogP contribution in [0, 0.1) is 0 Å².